The highest BCUT2D eigenvalue weighted by Crippen LogP contribution is 2.41. The zero-order chi connectivity index (χ0) is 21.1. The van der Waals surface area contributed by atoms with E-state index < -0.39 is 17.7 Å². The summed E-state index contributed by atoms with van der Waals surface area (Å²) >= 11 is 6.09. The number of ether oxygens (including phenoxy) is 1. The second-order valence-corrected chi connectivity index (χ2v) is 7.36. The maximum absolute atomic E-state index is 12.9. The van der Waals surface area contributed by atoms with Crippen LogP contribution < -0.4 is 4.74 Å². The average Bonchev–Trinajstić information content (AvgIpc) is 2.97. The summed E-state index contributed by atoms with van der Waals surface area (Å²) < 4.78 is 5.31. The van der Waals surface area contributed by atoms with Gasteiger partial charge >= 0.3 is 0 Å². The number of carbonyl (C=O) groups is 2. The molecular formula is C21H22ClN3O4. The number of amides is 1. The summed E-state index contributed by atoms with van der Waals surface area (Å²) in [6, 6.07) is 7.45. The quantitative estimate of drug-likeness (QED) is 0.443. The summed E-state index contributed by atoms with van der Waals surface area (Å²) in [6.07, 6.45) is 3.19. The Balaban J connectivity index is 2.19. The number of likely N-dealkylation sites (N-methyl/N-ethyl adjacent to an activating group) is 1. The molecule has 2 heterocycles. The van der Waals surface area contributed by atoms with Gasteiger partial charge in [0.25, 0.3) is 11.7 Å². The number of Topliss-reactive ketones (excluding diaryl/α,β-unsaturated/α-hetero) is 1. The number of aromatic nitrogens is 1. The Morgan fingerprint density at radius 3 is 2.69 bits per heavy atom. The highest BCUT2D eigenvalue weighted by atomic mass is 35.5. The number of likely N-dealkylation sites (tertiary alicyclic amines) is 1. The summed E-state index contributed by atoms with van der Waals surface area (Å²) in [5.74, 6) is -1.40. The number of hydrogen-bond acceptors (Lipinski definition) is 6. The maximum Gasteiger partial charge on any atom is 0.295 e. The number of methoxy groups -OCH3 is 1. The van der Waals surface area contributed by atoms with Crippen molar-refractivity contribution in [2.24, 2.45) is 0 Å². The summed E-state index contributed by atoms with van der Waals surface area (Å²) in [6.45, 7) is 0.880. The fraction of sp³-hybridized carbons (Fsp3) is 0.286. The topological polar surface area (TPSA) is 83.0 Å². The molecule has 152 valence electrons. The van der Waals surface area contributed by atoms with E-state index >= 15 is 0 Å². The molecule has 7 nitrogen and oxygen atoms in total. The minimum Gasteiger partial charge on any atom is -0.507 e. The number of hydrogen-bond donors (Lipinski definition) is 1. The lowest BCUT2D eigenvalue weighted by Crippen LogP contribution is -2.35. The Bertz CT molecular complexity index is 960. The zero-order valence-electron chi connectivity index (χ0n) is 16.4. The third-order valence-electron chi connectivity index (χ3n) is 4.74. The van der Waals surface area contributed by atoms with Crippen molar-refractivity contribution in [3.63, 3.8) is 0 Å². The van der Waals surface area contributed by atoms with Crippen LogP contribution in [0.4, 0.5) is 0 Å². The predicted octanol–water partition coefficient (Wildman–Crippen LogP) is 2.73. The largest absolute Gasteiger partial charge is 0.507 e. The van der Waals surface area contributed by atoms with Crippen molar-refractivity contribution in [3.8, 4) is 5.75 Å². The van der Waals surface area contributed by atoms with E-state index in [4.69, 9.17) is 16.3 Å². The predicted molar refractivity (Wildman–Crippen MR) is 110 cm³/mol. The van der Waals surface area contributed by atoms with Crippen LogP contribution >= 0.6 is 11.6 Å². The first kappa shape index (κ1) is 20.8. The lowest BCUT2D eigenvalue weighted by molar-refractivity contribution is -0.140. The van der Waals surface area contributed by atoms with Crippen LogP contribution in [0.2, 0.25) is 5.02 Å². The molecule has 0 bridgehead atoms. The fourth-order valence-electron chi connectivity index (χ4n) is 3.31. The van der Waals surface area contributed by atoms with Crippen molar-refractivity contribution < 1.29 is 19.4 Å². The molecule has 1 atom stereocenters. The number of ketones is 1. The van der Waals surface area contributed by atoms with E-state index in [1.54, 1.807) is 36.7 Å². The maximum atomic E-state index is 12.9. The van der Waals surface area contributed by atoms with Gasteiger partial charge in [0, 0.05) is 30.5 Å². The van der Waals surface area contributed by atoms with Crippen LogP contribution in [-0.2, 0) is 9.59 Å². The van der Waals surface area contributed by atoms with Crippen LogP contribution in [0.5, 0.6) is 5.75 Å². The molecule has 3 rings (SSSR count). The number of nitrogens with zero attached hydrogens (tertiary/aromatic N) is 3. The van der Waals surface area contributed by atoms with Crippen molar-refractivity contribution in [1.82, 2.24) is 14.8 Å². The molecule has 1 aliphatic rings. The lowest BCUT2D eigenvalue weighted by atomic mass is 9.96. The molecule has 0 saturated carbocycles. The van der Waals surface area contributed by atoms with Gasteiger partial charge in [0.1, 0.15) is 11.5 Å². The molecule has 1 aromatic heterocycles. The Hall–Kier alpha value is -2.90. The van der Waals surface area contributed by atoms with Gasteiger partial charge in [0.15, 0.2) is 0 Å². The van der Waals surface area contributed by atoms with E-state index in [0.717, 1.165) is 0 Å². The van der Waals surface area contributed by atoms with Crippen LogP contribution in [0.25, 0.3) is 5.76 Å². The number of aliphatic hydroxyl groups is 1. The standard InChI is InChI=1S/C21H22ClN3O4/c1-24(2)9-10-25-18(13-5-4-8-23-12-13)17(20(27)21(25)28)19(26)15-11-14(22)6-7-16(15)29-3/h4-8,11-12,18,26H,9-10H2,1-3H3/b19-17+/t18-/m0/s1. The van der Waals surface area contributed by atoms with E-state index in [9.17, 15) is 14.7 Å². The van der Waals surface area contributed by atoms with Gasteiger partial charge in [0.2, 0.25) is 0 Å². The minimum absolute atomic E-state index is 0.0117. The first-order valence-electron chi connectivity index (χ1n) is 9.02. The van der Waals surface area contributed by atoms with Gasteiger partial charge in [-0.05, 0) is 43.9 Å². The summed E-state index contributed by atoms with van der Waals surface area (Å²) in [5.41, 5.74) is 0.870. The molecule has 8 heteroatoms. The number of carbonyl (C=O) groups excluding carboxylic acids is 2. The minimum atomic E-state index is -0.757. The van der Waals surface area contributed by atoms with Gasteiger partial charge < -0.3 is 19.6 Å². The molecule has 1 saturated heterocycles. The van der Waals surface area contributed by atoms with Crippen molar-refractivity contribution in [1.29, 1.82) is 0 Å². The third-order valence-corrected chi connectivity index (χ3v) is 4.98. The zero-order valence-corrected chi connectivity index (χ0v) is 17.2. The van der Waals surface area contributed by atoms with E-state index in [0.29, 0.717) is 29.4 Å². The summed E-state index contributed by atoms with van der Waals surface area (Å²) in [4.78, 5) is 33.2. The normalized spacial score (nSPS) is 18.5. The van der Waals surface area contributed by atoms with Crippen LogP contribution in [0.15, 0.2) is 48.3 Å². The number of rotatable bonds is 6. The van der Waals surface area contributed by atoms with Crippen molar-refractivity contribution in [2.45, 2.75) is 6.04 Å². The van der Waals surface area contributed by atoms with Crippen LogP contribution in [0.3, 0.4) is 0 Å². The number of aliphatic hydroxyl groups excluding tert-OH is 1. The highest BCUT2D eigenvalue weighted by Gasteiger charge is 2.46. The molecule has 0 unspecified atom stereocenters. The van der Waals surface area contributed by atoms with Gasteiger partial charge in [-0.15, -0.1) is 0 Å². The molecule has 2 aromatic rings. The molecule has 1 amide bonds. The molecule has 1 aromatic carbocycles. The second kappa shape index (κ2) is 8.63. The molecular weight excluding hydrogens is 394 g/mol. The molecule has 0 spiro atoms. The van der Waals surface area contributed by atoms with Gasteiger partial charge in [-0.3, -0.25) is 14.6 Å². The first-order chi connectivity index (χ1) is 13.8. The van der Waals surface area contributed by atoms with E-state index in [1.807, 2.05) is 19.0 Å². The Kier molecular flexibility index (Phi) is 6.20. The monoisotopic (exact) mass is 415 g/mol. The Morgan fingerprint density at radius 1 is 1.31 bits per heavy atom. The number of halogens is 1. The lowest BCUT2D eigenvalue weighted by Gasteiger charge is -2.26. The Morgan fingerprint density at radius 2 is 2.07 bits per heavy atom. The fourth-order valence-corrected chi connectivity index (χ4v) is 3.49. The van der Waals surface area contributed by atoms with Crippen molar-refractivity contribution in [3.05, 3.63) is 64.4 Å². The average molecular weight is 416 g/mol. The summed E-state index contributed by atoms with van der Waals surface area (Å²) in [7, 11) is 5.22. The molecule has 0 aliphatic carbocycles. The second-order valence-electron chi connectivity index (χ2n) is 6.93. The molecule has 0 radical (unpaired) electrons. The molecule has 1 fully saturated rings. The van der Waals surface area contributed by atoms with Crippen molar-refractivity contribution in [2.75, 3.05) is 34.3 Å². The van der Waals surface area contributed by atoms with Gasteiger partial charge in [-0.2, -0.15) is 0 Å². The smallest absolute Gasteiger partial charge is 0.295 e. The molecule has 1 aliphatic heterocycles. The van der Waals surface area contributed by atoms with Gasteiger partial charge in [-0.1, -0.05) is 17.7 Å². The van der Waals surface area contributed by atoms with Gasteiger partial charge in [-0.25, -0.2) is 0 Å². The highest BCUT2D eigenvalue weighted by molar-refractivity contribution is 6.46. The van der Waals surface area contributed by atoms with Crippen LogP contribution in [0, 0.1) is 0 Å². The number of pyridine rings is 1. The Labute approximate surface area is 174 Å². The van der Waals surface area contributed by atoms with E-state index in [-0.39, 0.29) is 16.9 Å². The van der Waals surface area contributed by atoms with Gasteiger partial charge in [0.05, 0.1) is 24.3 Å². The first-order valence-corrected chi connectivity index (χ1v) is 9.40. The number of benzene rings is 1. The van der Waals surface area contributed by atoms with Crippen molar-refractivity contribution >= 4 is 29.1 Å². The molecule has 29 heavy (non-hydrogen) atoms. The van der Waals surface area contributed by atoms with E-state index in [1.165, 1.54) is 18.1 Å². The van der Waals surface area contributed by atoms with Crippen LogP contribution in [-0.4, -0.2) is 65.9 Å². The SMILES string of the molecule is COc1ccc(Cl)cc1/C(O)=C1\C(=O)C(=O)N(CCN(C)C)[C@H]1c1cccnc1. The van der Waals surface area contributed by atoms with Crippen LogP contribution in [0.1, 0.15) is 17.2 Å². The molecule has 1 N–H and O–H groups in total. The third kappa shape index (κ3) is 4.11. The summed E-state index contributed by atoms with van der Waals surface area (Å²) in [5, 5.41) is 11.4. The van der Waals surface area contributed by atoms with E-state index in [2.05, 4.69) is 4.98 Å².